The van der Waals surface area contributed by atoms with Crippen LogP contribution >= 0.6 is 0 Å². The van der Waals surface area contributed by atoms with E-state index in [1.165, 1.54) is 6.42 Å². The first-order valence-corrected chi connectivity index (χ1v) is 6.74. The third-order valence-electron chi connectivity index (χ3n) is 4.21. The summed E-state index contributed by atoms with van der Waals surface area (Å²) in [5, 5.41) is 10.2. The van der Waals surface area contributed by atoms with Crippen LogP contribution in [-0.2, 0) is 4.74 Å². The highest BCUT2D eigenvalue weighted by Gasteiger charge is 2.35. The molecule has 4 atom stereocenters. The van der Waals surface area contributed by atoms with Crippen LogP contribution in [0, 0.1) is 5.92 Å². The van der Waals surface area contributed by atoms with E-state index in [4.69, 9.17) is 4.74 Å². The topological polar surface area (TPSA) is 32.7 Å². The third-order valence-corrected chi connectivity index (χ3v) is 4.21. The number of morpholine rings is 1. The van der Waals surface area contributed by atoms with Gasteiger partial charge in [0.2, 0.25) is 0 Å². The van der Waals surface area contributed by atoms with Gasteiger partial charge in [-0.05, 0) is 31.6 Å². The fraction of sp³-hybridized carbons (Fsp3) is 1.00. The molecule has 0 spiro atoms. The summed E-state index contributed by atoms with van der Waals surface area (Å²) >= 11 is 0. The molecule has 1 saturated heterocycles. The molecular weight excluding hydrogens is 202 g/mol. The number of rotatable bonds is 2. The average molecular weight is 227 g/mol. The summed E-state index contributed by atoms with van der Waals surface area (Å²) in [6, 6.07) is 0.885. The Morgan fingerprint density at radius 2 is 2.19 bits per heavy atom. The summed E-state index contributed by atoms with van der Waals surface area (Å²) in [4.78, 5) is 2.50. The van der Waals surface area contributed by atoms with Crippen molar-refractivity contribution in [1.82, 2.24) is 4.90 Å². The summed E-state index contributed by atoms with van der Waals surface area (Å²) in [6.45, 7) is 7.18. The lowest BCUT2D eigenvalue weighted by Crippen LogP contribution is -2.56. The lowest BCUT2D eigenvalue weighted by Gasteiger charge is -2.45. The minimum absolute atomic E-state index is 0.122. The van der Waals surface area contributed by atoms with Crippen molar-refractivity contribution in [1.29, 1.82) is 0 Å². The van der Waals surface area contributed by atoms with Gasteiger partial charge in [0.15, 0.2) is 0 Å². The van der Waals surface area contributed by atoms with E-state index in [0.717, 1.165) is 44.9 Å². The van der Waals surface area contributed by atoms with Gasteiger partial charge >= 0.3 is 0 Å². The van der Waals surface area contributed by atoms with Crippen LogP contribution in [0.3, 0.4) is 0 Å². The van der Waals surface area contributed by atoms with Gasteiger partial charge in [-0.1, -0.05) is 13.8 Å². The van der Waals surface area contributed by atoms with E-state index < -0.39 is 0 Å². The maximum atomic E-state index is 10.2. The van der Waals surface area contributed by atoms with Gasteiger partial charge in [-0.25, -0.2) is 0 Å². The number of hydrogen-bond acceptors (Lipinski definition) is 3. The first-order valence-electron chi connectivity index (χ1n) is 6.74. The molecule has 1 saturated carbocycles. The number of hydrogen-bond donors (Lipinski definition) is 1. The maximum absolute atomic E-state index is 10.2. The van der Waals surface area contributed by atoms with Crippen LogP contribution in [0.25, 0.3) is 0 Å². The van der Waals surface area contributed by atoms with Crippen LogP contribution in [0.5, 0.6) is 0 Å². The predicted molar refractivity (Wildman–Crippen MR) is 64.4 cm³/mol. The quantitative estimate of drug-likeness (QED) is 0.778. The van der Waals surface area contributed by atoms with Crippen LogP contribution in [0.15, 0.2) is 0 Å². The molecule has 4 unspecified atom stereocenters. The highest BCUT2D eigenvalue weighted by atomic mass is 16.5. The second-order valence-corrected chi connectivity index (χ2v) is 5.43. The van der Waals surface area contributed by atoms with Gasteiger partial charge in [0, 0.05) is 18.6 Å². The normalized spacial score (nSPS) is 42.2. The van der Waals surface area contributed by atoms with Gasteiger partial charge in [-0.3, -0.25) is 4.90 Å². The number of ether oxygens (including phenoxy) is 1. The first kappa shape index (κ1) is 12.3. The molecule has 2 rings (SSSR count). The van der Waals surface area contributed by atoms with Gasteiger partial charge in [0.25, 0.3) is 0 Å². The van der Waals surface area contributed by atoms with Crippen molar-refractivity contribution >= 4 is 0 Å². The number of aliphatic hydroxyl groups excluding tert-OH is 1. The average Bonchev–Trinajstić information content (AvgIpc) is 2.32. The summed E-state index contributed by atoms with van der Waals surface area (Å²) in [7, 11) is 0. The van der Waals surface area contributed by atoms with Crippen LogP contribution < -0.4 is 0 Å². The lowest BCUT2D eigenvalue weighted by molar-refractivity contribution is -0.0768. The molecule has 94 valence electrons. The zero-order valence-corrected chi connectivity index (χ0v) is 10.6. The van der Waals surface area contributed by atoms with Gasteiger partial charge < -0.3 is 9.84 Å². The second-order valence-electron chi connectivity index (χ2n) is 5.43. The molecular formula is C13H25NO2. The van der Waals surface area contributed by atoms with Crippen molar-refractivity contribution in [2.75, 3.05) is 19.8 Å². The summed E-state index contributed by atoms with van der Waals surface area (Å²) in [5.41, 5.74) is 0. The Labute approximate surface area is 98.8 Å². The zero-order chi connectivity index (χ0) is 11.5. The molecule has 16 heavy (non-hydrogen) atoms. The van der Waals surface area contributed by atoms with E-state index in [0.29, 0.717) is 12.1 Å². The summed E-state index contributed by atoms with van der Waals surface area (Å²) < 4.78 is 5.53. The molecule has 0 radical (unpaired) electrons. The number of nitrogens with zero attached hydrogens (tertiary/aromatic N) is 1. The molecule has 1 aliphatic carbocycles. The minimum Gasteiger partial charge on any atom is -0.391 e. The monoisotopic (exact) mass is 227 g/mol. The minimum atomic E-state index is -0.122. The Bertz CT molecular complexity index is 222. The van der Waals surface area contributed by atoms with Crippen molar-refractivity contribution in [3.8, 4) is 0 Å². The standard InChI is InChI=1S/C13H25NO2/c1-3-11-9-16-7-6-14(11)12-8-10(2)4-5-13(12)15/h10-13,15H,3-9H2,1-2H3. The van der Waals surface area contributed by atoms with Crippen LogP contribution in [-0.4, -0.2) is 48.0 Å². The fourth-order valence-electron chi connectivity index (χ4n) is 3.15. The fourth-order valence-corrected chi connectivity index (χ4v) is 3.15. The molecule has 0 aromatic carbocycles. The Hall–Kier alpha value is -0.120. The van der Waals surface area contributed by atoms with Crippen molar-refractivity contribution < 1.29 is 9.84 Å². The van der Waals surface area contributed by atoms with Gasteiger partial charge in [-0.2, -0.15) is 0 Å². The predicted octanol–water partition coefficient (Wildman–Crippen LogP) is 1.65. The van der Waals surface area contributed by atoms with E-state index in [1.54, 1.807) is 0 Å². The third kappa shape index (κ3) is 2.58. The lowest BCUT2D eigenvalue weighted by atomic mass is 9.83. The maximum Gasteiger partial charge on any atom is 0.0695 e. The van der Waals surface area contributed by atoms with Crippen molar-refractivity contribution in [3.05, 3.63) is 0 Å². The summed E-state index contributed by atoms with van der Waals surface area (Å²) in [5.74, 6) is 0.758. The van der Waals surface area contributed by atoms with E-state index in [1.807, 2.05) is 0 Å². The molecule has 0 bridgehead atoms. The molecule has 3 heteroatoms. The van der Waals surface area contributed by atoms with Crippen LogP contribution in [0.4, 0.5) is 0 Å². The molecule has 0 aromatic rings. The van der Waals surface area contributed by atoms with Crippen molar-refractivity contribution in [2.45, 2.75) is 57.7 Å². The molecule has 2 aliphatic rings. The number of aliphatic hydroxyl groups is 1. The molecule has 1 heterocycles. The van der Waals surface area contributed by atoms with Crippen molar-refractivity contribution in [2.24, 2.45) is 5.92 Å². The van der Waals surface area contributed by atoms with E-state index >= 15 is 0 Å². The zero-order valence-electron chi connectivity index (χ0n) is 10.6. The van der Waals surface area contributed by atoms with Gasteiger partial charge in [0.1, 0.15) is 0 Å². The Morgan fingerprint density at radius 1 is 1.38 bits per heavy atom. The van der Waals surface area contributed by atoms with E-state index in [9.17, 15) is 5.11 Å². The van der Waals surface area contributed by atoms with Crippen LogP contribution in [0.1, 0.15) is 39.5 Å². The largest absolute Gasteiger partial charge is 0.391 e. The second kappa shape index (κ2) is 5.48. The van der Waals surface area contributed by atoms with Gasteiger partial charge in [-0.15, -0.1) is 0 Å². The van der Waals surface area contributed by atoms with Crippen molar-refractivity contribution in [3.63, 3.8) is 0 Å². The highest BCUT2D eigenvalue weighted by molar-refractivity contribution is 4.89. The SMILES string of the molecule is CCC1COCCN1C1CC(C)CCC1O. The highest BCUT2D eigenvalue weighted by Crippen LogP contribution is 2.30. The van der Waals surface area contributed by atoms with Crippen LogP contribution in [0.2, 0.25) is 0 Å². The molecule has 2 fully saturated rings. The van der Waals surface area contributed by atoms with Gasteiger partial charge in [0.05, 0.1) is 19.3 Å². The molecule has 1 aliphatic heterocycles. The smallest absolute Gasteiger partial charge is 0.0695 e. The Kier molecular flexibility index (Phi) is 4.22. The molecule has 1 N–H and O–H groups in total. The molecule has 0 aromatic heterocycles. The Morgan fingerprint density at radius 3 is 2.94 bits per heavy atom. The molecule has 3 nitrogen and oxygen atoms in total. The summed E-state index contributed by atoms with van der Waals surface area (Å²) in [6.07, 6.45) is 4.30. The first-order chi connectivity index (χ1) is 7.72. The van der Waals surface area contributed by atoms with E-state index in [-0.39, 0.29) is 6.10 Å². The van der Waals surface area contributed by atoms with E-state index in [2.05, 4.69) is 18.7 Å². The Balaban J connectivity index is 2.02. The molecule has 0 amide bonds.